The number of H-pyrrole nitrogens is 1. The van der Waals surface area contributed by atoms with Crippen LogP contribution >= 0.6 is 11.3 Å². The third kappa shape index (κ3) is 2.82. The van der Waals surface area contributed by atoms with Crippen LogP contribution < -0.4 is 5.32 Å². The lowest BCUT2D eigenvalue weighted by Gasteiger charge is -2.00. The molecule has 5 heteroatoms. The molecule has 0 fully saturated rings. The summed E-state index contributed by atoms with van der Waals surface area (Å²) in [6.07, 6.45) is 3.32. The number of thiophene rings is 1. The molecule has 0 aliphatic carbocycles. The molecule has 2 aromatic rings. The summed E-state index contributed by atoms with van der Waals surface area (Å²) >= 11 is 1.59. The Kier molecular flexibility index (Phi) is 3.39. The van der Waals surface area contributed by atoms with E-state index in [2.05, 4.69) is 15.5 Å². The van der Waals surface area contributed by atoms with Gasteiger partial charge in [0.05, 0.1) is 17.1 Å². The fourth-order valence-corrected chi connectivity index (χ4v) is 2.06. The molecule has 0 aromatic carbocycles. The Bertz CT molecular complexity index is 521. The number of nitrogens with zero attached hydrogens (tertiary/aromatic N) is 1. The van der Waals surface area contributed by atoms with Gasteiger partial charge in [-0.2, -0.15) is 5.10 Å². The van der Waals surface area contributed by atoms with Gasteiger partial charge in [-0.25, -0.2) is 0 Å². The molecule has 1 amide bonds. The van der Waals surface area contributed by atoms with E-state index >= 15 is 0 Å². The van der Waals surface area contributed by atoms with E-state index in [1.165, 1.54) is 6.08 Å². The molecular formula is C12H13N3OS. The number of aryl methyl sites for hydroxylation is 2. The van der Waals surface area contributed by atoms with Gasteiger partial charge in [0.2, 0.25) is 5.91 Å². The van der Waals surface area contributed by atoms with Crippen molar-refractivity contribution in [1.29, 1.82) is 0 Å². The lowest BCUT2D eigenvalue weighted by molar-refractivity contribution is -0.111. The largest absolute Gasteiger partial charge is 0.319 e. The summed E-state index contributed by atoms with van der Waals surface area (Å²) in [7, 11) is 0. The second-order valence-electron chi connectivity index (χ2n) is 3.65. The summed E-state index contributed by atoms with van der Waals surface area (Å²) in [4.78, 5) is 12.7. The molecule has 0 aliphatic rings. The number of nitrogens with one attached hydrogen (secondary N) is 2. The highest BCUT2D eigenvalue weighted by molar-refractivity contribution is 7.10. The van der Waals surface area contributed by atoms with Crippen LogP contribution in [0.3, 0.4) is 0 Å². The minimum absolute atomic E-state index is 0.147. The highest BCUT2D eigenvalue weighted by Gasteiger charge is 2.07. The molecule has 2 heterocycles. The van der Waals surface area contributed by atoms with Crippen LogP contribution in [0.4, 0.5) is 5.69 Å². The minimum Gasteiger partial charge on any atom is -0.319 e. The van der Waals surface area contributed by atoms with Crippen molar-refractivity contribution in [3.63, 3.8) is 0 Å². The predicted octanol–water partition coefficient (Wildman–Crippen LogP) is 2.74. The van der Waals surface area contributed by atoms with Gasteiger partial charge in [-0.1, -0.05) is 6.07 Å². The molecule has 0 bridgehead atoms. The van der Waals surface area contributed by atoms with Gasteiger partial charge in [-0.05, 0) is 31.4 Å². The van der Waals surface area contributed by atoms with E-state index in [0.717, 1.165) is 22.0 Å². The number of rotatable bonds is 3. The highest BCUT2D eigenvalue weighted by atomic mass is 32.1. The molecule has 0 atom stereocenters. The smallest absolute Gasteiger partial charge is 0.248 e. The number of aromatic nitrogens is 2. The summed E-state index contributed by atoms with van der Waals surface area (Å²) in [5.41, 5.74) is 2.41. The third-order valence-electron chi connectivity index (χ3n) is 2.32. The standard InChI is InChI=1S/C12H13N3OS/c1-8-12(9(2)15-14-8)13-11(16)6-5-10-4-3-7-17-10/h3-7H,1-2H3,(H,13,16)(H,14,15)/b6-5+. The van der Waals surface area contributed by atoms with Crippen molar-refractivity contribution >= 4 is 29.0 Å². The summed E-state index contributed by atoms with van der Waals surface area (Å²) in [6, 6.07) is 3.91. The van der Waals surface area contributed by atoms with Crippen LogP contribution in [0.1, 0.15) is 16.3 Å². The molecule has 0 radical (unpaired) electrons. The maximum Gasteiger partial charge on any atom is 0.248 e. The molecule has 2 aromatic heterocycles. The number of carbonyl (C=O) groups excluding carboxylic acids is 1. The Balaban J connectivity index is 2.03. The molecule has 0 saturated heterocycles. The lowest BCUT2D eigenvalue weighted by Crippen LogP contribution is -2.08. The van der Waals surface area contributed by atoms with Crippen molar-refractivity contribution in [2.75, 3.05) is 5.32 Å². The average molecular weight is 247 g/mol. The second kappa shape index (κ2) is 4.97. The van der Waals surface area contributed by atoms with E-state index < -0.39 is 0 Å². The Morgan fingerprint density at radius 1 is 1.53 bits per heavy atom. The zero-order chi connectivity index (χ0) is 12.3. The zero-order valence-electron chi connectivity index (χ0n) is 9.65. The molecule has 88 valence electrons. The Labute approximate surface area is 103 Å². The fraction of sp³-hybridized carbons (Fsp3) is 0.167. The molecule has 2 N–H and O–H groups in total. The van der Waals surface area contributed by atoms with Gasteiger partial charge in [-0.3, -0.25) is 9.89 Å². The number of amides is 1. The van der Waals surface area contributed by atoms with Gasteiger partial charge < -0.3 is 5.32 Å². The normalized spacial score (nSPS) is 10.9. The maximum absolute atomic E-state index is 11.7. The van der Waals surface area contributed by atoms with E-state index in [1.807, 2.05) is 31.4 Å². The van der Waals surface area contributed by atoms with Crippen molar-refractivity contribution in [2.24, 2.45) is 0 Å². The van der Waals surface area contributed by atoms with Gasteiger partial charge in [-0.15, -0.1) is 11.3 Å². The number of hydrogen-bond acceptors (Lipinski definition) is 3. The van der Waals surface area contributed by atoms with Gasteiger partial charge in [0.25, 0.3) is 0 Å². The van der Waals surface area contributed by atoms with E-state index in [-0.39, 0.29) is 5.91 Å². The molecule has 0 spiro atoms. The van der Waals surface area contributed by atoms with Gasteiger partial charge in [0, 0.05) is 11.0 Å². The van der Waals surface area contributed by atoms with Crippen LogP contribution in [-0.4, -0.2) is 16.1 Å². The second-order valence-corrected chi connectivity index (χ2v) is 4.63. The van der Waals surface area contributed by atoms with Crippen molar-refractivity contribution in [2.45, 2.75) is 13.8 Å². The van der Waals surface area contributed by atoms with Crippen LogP contribution in [0, 0.1) is 13.8 Å². The fourth-order valence-electron chi connectivity index (χ4n) is 1.44. The Hall–Kier alpha value is -1.88. The molecule has 0 aliphatic heterocycles. The maximum atomic E-state index is 11.7. The number of anilines is 1. The summed E-state index contributed by atoms with van der Waals surface area (Å²) in [6.45, 7) is 3.72. The van der Waals surface area contributed by atoms with E-state index in [9.17, 15) is 4.79 Å². The average Bonchev–Trinajstić information content (AvgIpc) is 2.91. The van der Waals surface area contributed by atoms with Crippen molar-refractivity contribution in [3.8, 4) is 0 Å². The van der Waals surface area contributed by atoms with Gasteiger partial charge >= 0.3 is 0 Å². The first-order valence-corrected chi connectivity index (χ1v) is 6.09. The molecule has 2 rings (SSSR count). The minimum atomic E-state index is -0.147. The zero-order valence-corrected chi connectivity index (χ0v) is 10.5. The number of carbonyl (C=O) groups is 1. The first kappa shape index (κ1) is 11.6. The van der Waals surface area contributed by atoms with Crippen LogP contribution in [-0.2, 0) is 4.79 Å². The number of aromatic amines is 1. The lowest BCUT2D eigenvalue weighted by atomic mass is 10.3. The topological polar surface area (TPSA) is 57.8 Å². The van der Waals surface area contributed by atoms with Crippen molar-refractivity contribution < 1.29 is 4.79 Å². The molecule has 4 nitrogen and oxygen atoms in total. The van der Waals surface area contributed by atoms with E-state index in [4.69, 9.17) is 0 Å². The monoisotopic (exact) mass is 247 g/mol. The van der Waals surface area contributed by atoms with E-state index in [0.29, 0.717) is 0 Å². The summed E-state index contributed by atoms with van der Waals surface area (Å²) in [5, 5.41) is 11.6. The van der Waals surface area contributed by atoms with Crippen molar-refractivity contribution in [3.05, 3.63) is 39.9 Å². The Morgan fingerprint density at radius 3 is 2.94 bits per heavy atom. The van der Waals surface area contributed by atoms with Crippen LogP contribution in [0.25, 0.3) is 6.08 Å². The third-order valence-corrected chi connectivity index (χ3v) is 3.16. The Morgan fingerprint density at radius 2 is 2.35 bits per heavy atom. The molecule has 17 heavy (non-hydrogen) atoms. The van der Waals surface area contributed by atoms with Gasteiger partial charge in [0.15, 0.2) is 0 Å². The SMILES string of the molecule is Cc1n[nH]c(C)c1NC(=O)/C=C/c1cccs1. The number of hydrogen-bond donors (Lipinski definition) is 2. The molecular weight excluding hydrogens is 234 g/mol. The quantitative estimate of drug-likeness (QED) is 0.819. The summed E-state index contributed by atoms with van der Waals surface area (Å²) < 4.78 is 0. The van der Waals surface area contributed by atoms with Crippen LogP contribution in [0.15, 0.2) is 23.6 Å². The molecule has 0 saturated carbocycles. The molecule has 0 unspecified atom stereocenters. The first-order chi connectivity index (χ1) is 8.16. The predicted molar refractivity (Wildman–Crippen MR) is 70.0 cm³/mol. The summed E-state index contributed by atoms with van der Waals surface area (Å²) in [5.74, 6) is -0.147. The van der Waals surface area contributed by atoms with Gasteiger partial charge in [0.1, 0.15) is 0 Å². The van der Waals surface area contributed by atoms with Crippen molar-refractivity contribution in [1.82, 2.24) is 10.2 Å². The van der Waals surface area contributed by atoms with Crippen LogP contribution in [0.5, 0.6) is 0 Å². The van der Waals surface area contributed by atoms with Crippen LogP contribution in [0.2, 0.25) is 0 Å². The first-order valence-electron chi connectivity index (χ1n) is 5.21. The highest BCUT2D eigenvalue weighted by Crippen LogP contribution is 2.16. The van der Waals surface area contributed by atoms with E-state index in [1.54, 1.807) is 17.4 Å².